The molecule has 1 aliphatic carbocycles. The number of nitrogens with one attached hydrogen (secondary N) is 2. The van der Waals surface area contributed by atoms with E-state index >= 15 is 0 Å². The van der Waals surface area contributed by atoms with Crippen LogP contribution < -0.4 is 10.6 Å². The van der Waals surface area contributed by atoms with E-state index in [-0.39, 0.29) is 24.0 Å². The van der Waals surface area contributed by atoms with E-state index in [1.54, 1.807) is 13.1 Å². The summed E-state index contributed by atoms with van der Waals surface area (Å²) >= 11 is 0. The van der Waals surface area contributed by atoms with Crippen molar-refractivity contribution < 1.29 is 8.78 Å². The maximum atomic E-state index is 13.6. The van der Waals surface area contributed by atoms with E-state index in [1.807, 2.05) is 0 Å². The average molecular weight is 464 g/mol. The van der Waals surface area contributed by atoms with E-state index in [0.717, 1.165) is 44.0 Å². The largest absolute Gasteiger partial charge is 0.356 e. The van der Waals surface area contributed by atoms with Crippen LogP contribution in [0.5, 0.6) is 0 Å². The third-order valence-corrected chi connectivity index (χ3v) is 4.88. The van der Waals surface area contributed by atoms with Crippen molar-refractivity contribution in [3.05, 3.63) is 35.4 Å². The maximum absolute atomic E-state index is 13.6. The van der Waals surface area contributed by atoms with Gasteiger partial charge in [-0.2, -0.15) is 0 Å². The molecule has 0 atom stereocenters. The second kappa shape index (κ2) is 9.66. The molecule has 1 heterocycles. The van der Waals surface area contributed by atoms with E-state index in [4.69, 9.17) is 0 Å². The Bertz CT molecular complexity index is 584. The molecule has 0 amide bonds. The third kappa shape index (κ3) is 5.77. The normalized spacial score (nSPS) is 19.4. The van der Waals surface area contributed by atoms with Gasteiger partial charge in [-0.25, -0.2) is 8.78 Å². The smallest absolute Gasteiger partial charge is 0.191 e. The van der Waals surface area contributed by atoms with Gasteiger partial charge < -0.3 is 15.5 Å². The first-order valence-electron chi connectivity index (χ1n) is 8.81. The van der Waals surface area contributed by atoms with E-state index in [1.165, 1.54) is 18.9 Å². The lowest BCUT2D eigenvalue weighted by Gasteiger charge is -2.33. The highest BCUT2D eigenvalue weighted by molar-refractivity contribution is 14.0. The van der Waals surface area contributed by atoms with Gasteiger partial charge in [0.15, 0.2) is 17.6 Å². The molecule has 0 aromatic heterocycles. The molecule has 25 heavy (non-hydrogen) atoms. The van der Waals surface area contributed by atoms with Gasteiger partial charge in [-0.1, -0.05) is 12.1 Å². The van der Waals surface area contributed by atoms with Gasteiger partial charge in [0, 0.05) is 38.8 Å². The third-order valence-electron chi connectivity index (χ3n) is 4.88. The van der Waals surface area contributed by atoms with Gasteiger partial charge >= 0.3 is 0 Å². The molecule has 4 nitrogen and oxygen atoms in total. The van der Waals surface area contributed by atoms with Crippen LogP contribution in [0.15, 0.2) is 23.2 Å². The van der Waals surface area contributed by atoms with Crippen LogP contribution in [0.2, 0.25) is 0 Å². The molecule has 3 rings (SSSR count). The summed E-state index contributed by atoms with van der Waals surface area (Å²) in [4.78, 5) is 6.82. The Hall–Kier alpha value is -0.960. The minimum Gasteiger partial charge on any atom is -0.356 e. The first-order valence-corrected chi connectivity index (χ1v) is 8.81. The Kier molecular flexibility index (Phi) is 7.86. The van der Waals surface area contributed by atoms with Crippen LogP contribution in [-0.2, 0) is 6.42 Å². The molecule has 1 saturated carbocycles. The molecular weight excluding hydrogens is 437 g/mol. The van der Waals surface area contributed by atoms with Crippen LogP contribution in [-0.4, -0.2) is 49.6 Å². The van der Waals surface area contributed by atoms with Crippen molar-refractivity contribution in [1.29, 1.82) is 0 Å². The second-order valence-corrected chi connectivity index (χ2v) is 6.65. The topological polar surface area (TPSA) is 39.7 Å². The van der Waals surface area contributed by atoms with Crippen LogP contribution in [0.4, 0.5) is 8.78 Å². The molecule has 1 saturated heterocycles. The van der Waals surface area contributed by atoms with Crippen LogP contribution in [0.1, 0.15) is 31.2 Å². The Morgan fingerprint density at radius 2 is 1.92 bits per heavy atom. The zero-order chi connectivity index (χ0) is 16.9. The fraction of sp³-hybridized carbons (Fsp3) is 0.611. The molecule has 1 aliphatic heterocycles. The van der Waals surface area contributed by atoms with Crippen LogP contribution in [0.25, 0.3) is 0 Å². The Balaban J connectivity index is 0.00000225. The Morgan fingerprint density at radius 1 is 1.20 bits per heavy atom. The minimum atomic E-state index is -0.794. The number of piperidine rings is 1. The van der Waals surface area contributed by atoms with Crippen molar-refractivity contribution in [2.75, 3.05) is 26.7 Å². The van der Waals surface area contributed by atoms with Gasteiger partial charge in [-0.3, -0.25) is 4.99 Å². The number of nitrogens with zero attached hydrogens (tertiary/aromatic N) is 2. The number of rotatable bonds is 5. The molecule has 2 aliphatic rings. The molecule has 140 valence electrons. The lowest BCUT2D eigenvalue weighted by atomic mass is 10.1. The first-order chi connectivity index (χ1) is 11.7. The summed E-state index contributed by atoms with van der Waals surface area (Å²) in [6.45, 7) is 2.81. The van der Waals surface area contributed by atoms with Crippen LogP contribution in [0.3, 0.4) is 0 Å². The highest BCUT2D eigenvalue weighted by Crippen LogP contribution is 2.29. The van der Waals surface area contributed by atoms with Crippen LogP contribution >= 0.6 is 24.0 Å². The van der Waals surface area contributed by atoms with Gasteiger partial charge in [0.05, 0.1) is 0 Å². The number of hydrogen-bond acceptors (Lipinski definition) is 2. The number of guanidine groups is 1. The lowest BCUT2D eigenvalue weighted by Crippen LogP contribution is -2.49. The number of benzene rings is 1. The Labute approximate surface area is 165 Å². The summed E-state index contributed by atoms with van der Waals surface area (Å²) in [5.74, 6) is -0.816. The van der Waals surface area contributed by atoms with Gasteiger partial charge in [0.1, 0.15) is 0 Å². The van der Waals surface area contributed by atoms with E-state index in [0.29, 0.717) is 24.6 Å². The van der Waals surface area contributed by atoms with Crippen molar-refractivity contribution in [2.45, 2.75) is 44.2 Å². The first kappa shape index (κ1) is 20.4. The van der Waals surface area contributed by atoms with Crippen LogP contribution in [0, 0.1) is 11.6 Å². The van der Waals surface area contributed by atoms with Crippen molar-refractivity contribution in [2.24, 2.45) is 4.99 Å². The fourth-order valence-electron chi connectivity index (χ4n) is 3.29. The van der Waals surface area contributed by atoms with Gasteiger partial charge in [-0.15, -0.1) is 24.0 Å². The number of likely N-dealkylation sites (tertiary alicyclic amines) is 1. The molecule has 0 bridgehead atoms. The molecular formula is C18H27F2IN4. The maximum Gasteiger partial charge on any atom is 0.191 e. The molecule has 0 spiro atoms. The molecule has 2 N–H and O–H groups in total. The summed E-state index contributed by atoms with van der Waals surface area (Å²) in [6, 6.07) is 5.56. The predicted molar refractivity (Wildman–Crippen MR) is 108 cm³/mol. The zero-order valence-electron chi connectivity index (χ0n) is 14.6. The van der Waals surface area contributed by atoms with E-state index in [2.05, 4.69) is 20.5 Å². The van der Waals surface area contributed by atoms with E-state index in [9.17, 15) is 8.78 Å². The zero-order valence-corrected chi connectivity index (χ0v) is 16.9. The monoisotopic (exact) mass is 464 g/mol. The summed E-state index contributed by atoms with van der Waals surface area (Å²) in [6.07, 6.45) is 5.38. The lowest BCUT2D eigenvalue weighted by molar-refractivity contribution is 0.197. The molecule has 1 aromatic carbocycles. The van der Waals surface area contributed by atoms with Gasteiger partial charge in [0.2, 0.25) is 0 Å². The summed E-state index contributed by atoms with van der Waals surface area (Å²) in [5, 5.41) is 6.64. The SMILES string of the molecule is CN=C(NCCc1cccc(F)c1F)NC1CCN(C2CC2)CC1.I. The fourth-order valence-corrected chi connectivity index (χ4v) is 3.29. The Morgan fingerprint density at radius 3 is 2.56 bits per heavy atom. The standard InChI is InChI=1S/C18H26F2N4.HI/c1-21-18(22-10-7-13-3-2-4-16(19)17(13)20)23-14-8-11-24(12-9-14)15-5-6-15;/h2-4,14-15H,5-12H2,1H3,(H2,21,22,23);1H. The molecule has 0 radical (unpaired) electrons. The summed E-state index contributed by atoms with van der Waals surface area (Å²) in [5.41, 5.74) is 0.385. The summed E-state index contributed by atoms with van der Waals surface area (Å²) < 4.78 is 26.8. The molecule has 7 heteroatoms. The minimum absolute atomic E-state index is 0. The van der Waals surface area contributed by atoms with E-state index < -0.39 is 11.6 Å². The number of halogens is 3. The van der Waals surface area contributed by atoms with Gasteiger partial charge in [0.25, 0.3) is 0 Å². The van der Waals surface area contributed by atoms with Crippen molar-refractivity contribution >= 4 is 29.9 Å². The van der Waals surface area contributed by atoms with Crippen molar-refractivity contribution in [1.82, 2.24) is 15.5 Å². The molecule has 1 aromatic rings. The molecule has 2 fully saturated rings. The summed E-state index contributed by atoms with van der Waals surface area (Å²) in [7, 11) is 1.73. The second-order valence-electron chi connectivity index (χ2n) is 6.65. The van der Waals surface area contributed by atoms with Crippen molar-refractivity contribution in [3.8, 4) is 0 Å². The number of hydrogen-bond donors (Lipinski definition) is 2. The van der Waals surface area contributed by atoms with Crippen molar-refractivity contribution in [3.63, 3.8) is 0 Å². The quantitative estimate of drug-likeness (QED) is 0.400. The predicted octanol–water partition coefficient (Wildman–Crippen LogP) is 2.92. The molecule has 0 unspecified atom stereocenters. The number of aliphatic imine (C=N–C) groups is 1. The van der Waals surface area contributed by atoms with Gasteiger partial charge in [-0.05, 0) is 43.7 Å². The highest BCUT2D eigenvalue weighted by Gasteiger charge is 2.31. The average Bonchev–Trinajstić information content (AvgIpc) is 3.43. The highest BCUT2D eigenvalue weighted by atomic mass is 127.